The van der Waals surface area contributed by atoms with Gasteiger partial charge in [0.05, 0.1) is 19.6 Å². The van der Waals surface area contributed by atoms with Gasteiger partial charge in [0.15, 0.2) is 0 Å². The monoisotopic (exact) mass is 130 g/mol. The minimum Gasteiger partial charge on any atom is -0.469 e. The SMILES string of the molecule is COC(=O)CC1CCO1. The summed E-state index contributed by atoms with van der Waals surface area (Å²) in [5.41, 5.74) is 0. The molecule has 0 spiro atoms. The molecule has 0 aromatic carbocycles. The molecule has 1 aliphatic rings. The van der Waals surface area contributed by atoms with Gasteiger partial charge in [-0.1, -0.05) is 0 Å². The molecule has 1 heterocycles. The van der Waals surface area contributed by atoms with Gasteiger partial charge in [-0.3, -0.25) is 4.79 Å². The number of methoxy groups -OCH3 is 1. The zero-order valence-corrected chi connectivity index (χ0v) is 5.42. The predicted molar refractivity (Wildman–Crippen MR) is 31.0 cm³/mol. The zero-order chi connectivity index (χ0) is 6.69. The van der Waals surface area contributed by atoms with E-state index in [2.05, 4.69) is 4.74 Å². The molecule has 0 saturated carbocycles. The van der Waals surface area contributed by atoms with Gasteiger partial charge in [0, 0.05) is 6.61 Å². The third-order valence-corrected chi connectivity index (χ3v) is 1.42. The molecule has 0 aromatic heterocycles. The van der Waals surface area contributed by atoms with Gasteiger partial charge in [0.1, 0.15) is 0 Å². The van der Waals surface area contributed by atoms with Crippen molar-refractivity contribution in [1.82, 2.24) is 0 Å². The fourth-order valence-corrected chi connectivity index (χ4v) is 0.715. The number of esters is 1. The lowest BCUT2D eigenvalue weighted by atomic mass is 10.1. The van der Waals surface area contributed by atoms with Crippen LogP contribution in [0.4, 0.5) is 0 Å². The molecular formula is C6H10O3. The van der Waals surface area contributed by atoms with Crippen LogP contribution in [0.25, 0.3) is 0 Å². The molecule has 0 radical (unpaired) electrons. The van der Waals surface area contributed by atoms with Crippen molar-refractivity contribution >= 4 is 5.97 Å². The van der Waals surface area contributed by atoms with Crippen LogP contribution in [0.3, 0.4) is 0 Å². The number of hydrogen-bond acceptors (Lipinski definition) is 3. The molecule has 3 nitrogen and oxygen atoms in total. The van der Waals surface area contributed by atoms with Crippen LogP contribution in [-0.4, -0.2) is 25.8 Å². The van der Waals surface area contributed by atoms with Gasteiger partial charge in [0.2, 0.25) is 0 Å². The van der Waals surface area contributed by atoms with Crippen molar-refractivity contribution in [2.24, 2.45) is 0 Å². The molecule has 0 aliphatic carbocycles. The maximum absolute atomic E-state index is 10.5. The van der Waals surface area contributed by atoms with Gasteiger partial charge in [0.25, 0.3) is 0 Å². The van der Waals surface area contributed by atoms with Crippen LogP contribution in [0, 0.1) is 0 Å². The maximum atomic E-state index is 10.5. The number of carbonyl (C=O) groups excluding carboxylic acids is 1. The summed E-state index contributed by atoms with van der Waals surface area (Å²) in [6.45, 7) is 0.793. The smallest absolute Gasteiger partial charge is 0.308 e. The lowest BCUT2D eigenvalue weighted by molar-refractivity contribution is -0.148. The standard InChI is InChI=1S/C6H10O3/c1-8-6(7)4-5-2-3-9-5/h5H,2-4H2,1H3. The molecule has 9 heavy (non-hydrogen) atoms. The summed E-state index contributed by atoms with van der Waals surface area (Å²) in [6.07, 6.45) is 1.54. The predicted octanol–water partition coefficient (Wildman–Crippen LogP) is 0.338. The van der Waals surface area contributed by atoms with E-state index in [0.29, 0.717) is 6.42 Å². The summed E-state index contributed by atoms with van der Waals surface area (Å²) in [5.74, 6) is -0.181. The molecule has 3 heteroatoms. The number of hydrogen-bond donors (Lipinski definition) is 0. The Bertz CT molecular complexity index is 107. The highest BCUT2D eigenvalue weighted by molar-refractivity contribution is 5.69. The van der Waals surface area contributed by atoms with Crippen LogP contribution in [0.1, 0.15) is 12.8 Å². The second kappa shape index (κ2) is 2.82. The third kappa shape index (κ3) is 1.68. The molecule has 1 rings (SSSR count). The Balaban J connectivity index is 2.09. The van der Waals surface area contributed by atoms with Gasteiger partial charge in [-0.25, -0.2) is 0 Å². The lowest BCUT2D eigenvalue weighted by Gasteiger charge is -2.24. The van der Waals surface area contributed by atoms with Crippen LogP contribution in [0.15, 0.2) is 0 Å². The Morgan fingerprint density at radius 1 is 1.89 bits per heavy atom. The molecule has 1 fully saturated rings. The highest BCUT2D eigenvalue weighted by atomic mass is 16.5. The summed E-state index contributed by atoms with van der Waals surface area (Å²) in [6, 6.07) is 0. The minimum absolute atomic E-state index is 0.137. The molecule has 0 aromatic rings. The van der Waals surface area contributed by atoms with E-state index >= 15 is 0 Å². The van der Waals surface area contributed by atoms with E-state index in [0.717, 1.165) is 13.0 Å². The van der Waals surface area contributed by atoms with Gasteiger partial charge in [-0.05, 0) is 6.42 Å². The topological polar surface area (TPSA) is 35.5 Å². The summed E-state index contributed by atoms with van der Waals surface area (Å²) < 4.78 is 9.44. The van der Waals surface area contributed by atoms with Crippen molar-refractivity contribution in [1.29, 1.82) is 0 Å². The molecule has 1 saturated heterocycles. The highest BCUT2D eigenvalue weighted by Gasteiger charge is 2.21. The van der Waals surface area contributed by atoms with Crippen molar-refractivity contribution in [2.45, 2.75) is 18.9 Å². The van der Waals surface area contributed by atoms with Crippen molar-refractivity contribution in [3.63, 3.8) is 0 Å². The molecular weight excluding hydrogens is 120 g/mol. The zero-order valence-electron chi connectivity index (χ0n) is 5.42. The summed E-state index contributed by atoms with van der Waals surface area (Å²) in [7, 11) is 1.39. The van der Waals surface area contributed by atoms with Gasteiger partial charge in [-0.2, -0.15) is 0 Å². The Morgan fingerprint density at radius 3 is 2.89 bits per heavy atom. The average molecular weight is 130 g/mol. The minimum atomic E-state index is -0.181. The van der Waals surface area contributed by atoms with Crippen LogP contribution >= 0.6 is 0 Å². The van der Waals surface area contributed by atoms with E-state index in [1.807, 2.05) is 0 Å². The van der Waals surface area contributed by atoms with Crippen molar-refractivity contribution in [3.05, 3.63) is 0 Å². The third-order valence-electron chi connectivity index (χ3n) is 1.42. The molecule has 1 aliphatic heterocycles. The number of carbonyl (C=O) groups is 1. The summed E-state index contributed by atoms with van der Waals surface area (Å²) in [4.78, 5) is 10.5. The van der Waals surface area contributed by atoms with E-state index in [4.69, 9.17) is 4.74 Å². The normalized spacial score (nSPS) is 24.8. The van der Waals surface area contributed by atoms with E-state index in [-0.39, 0.29) is 12.1 Å². The Hall–Kier alpha value is -0.570. The quantitative estimate of drug-likeness (QED) is 0.505. The van der Waals surface area contributed by atoms with Crippen molar-refractivity contribution < 1.29 is 14.3 Å². The van der Waals surface area contributed by atoms with E-state index in [9.17, 15) is 4.79 Å². The van der Waals surface area contributed by atoms with E-state index in [1.54, 1.807) is 0 Å². The molecule has 1 unspecified atom stereocenters. The molecule has 0 amide bonds. The largest absolute Gasteiger partial charge is 0.469 e. The molecule has 52 valence electrons. The fraction of sp³-hybridized carbons (Fsp3) is 0.833. The lowest BCUT2D eigenvalue weighted by Crippen LogP contribution is -2.29. The highest BCUT2D eigenvalue weighted by Crippen LogP contribution is 2.14. The second-order valence-corrected chi connectivity index (χ2v) is 2.06. The first-order valence-electron chi connectivity index (χ1n) is 3.01. The van der Waals surface area contributed by atoms with Crippen LogP contribution < -0.4 is 0 Å². The van der Waals surface area contributed by atoms with Crippen LogP contribution in [0.5, 0.6) is 0 Å². The van der Waals surface area contributed by atoms with Crippen molar-refractivity contribution in [3.8, 4) is 0 Å². The van der Waals surface area contributed by atoms with Gasteiger partial charge < -0.3 is 9.47 Å². The van der Waals surface area contributed by atoms with Crippen LogP contribution in [0.2, 0.25) is 0 Å². The Labute approximate surface area is 53.9 Å². The Kier molecular flexibility index (Phi) is 2.05. The second-order valence-electron chi connectivity index (χ2n) is 2.06. The Morgan fingerprint density at radius 2 is 2.56 bits per heavy atom. The van der Waals surface area contributed by atoms with Gasteiger partial charge >= 0.3 is 5.97 Å². The summed E-state index contributed by atoms with van der Waals surface area (Å²) >= 11 is 0. The summed E-state index contributed by atoms with van der Waals surface area (Å²) in [5, 5.41) is 0. The molecule has 0 N–H and O–H groups in total. The number of ether oxygens (including phenoxy) is 2. The van der Waals surface area contributed by atoms with Crippen molar-refractivity contribution in [2.75, 3.05) is 13.7 Å². The van der Waals surface area contributed by atoms with Crippen LogP contribution in [-0.2, 0) is 14.3 Å². The number of rotatable bonds is 2. The maximum Gasteiger partial charge on any atom is 0.308 e. The van der Waals surface area contributed by atoms with E-state index < -0.39 is 0 Å². The average Bonchev–Trinajstić information content (AvgIpc) is 1.78. The van der Waals surface area contributed by atoms with E-state index in [1.165, 1.54) is 7.11 Å². The first kappa shape index (κ1) is 6.55. The first-order valence-corrected chi connectivity index (χ1v) is 3.01. The van der Waals surface area contributed by atoms with Gasteiger partial charge in [-0.15, -0.1) is 0 Å². The molecule has 1 atom stereocenters. The first-order chi connectivity index (χ1) is 4.33. The molecule has 0 bridgehead atoms. The fourth-order valence-electron chi connectivity index (χ4n) is 0.715.